The van der Waals surface area contributed by atoms with Gasteiger partial charge in [-0.15, -0.1) is 0 Å². The molecule has 2 aliphatic carbocycles. The Morgan fingerprint density at radius 1 is 1.18 bits per heavy atom. The molecule has 0 amide bonds. The molecule has 2 heterocycles. The Balaban J connectivity index is 1.19. The standard InChI is InChI=1S/C17H30N4O/c1-18-17(20-15-10-14-6-7-16(15)22-14)19-8-9-21(13-4-5-13)11-12-2-3-12/h12-16H,2-11H2,1H3,(H2,18,19,20). The Labute approximate surface area is 133 Å². The number of nitrogens with zero attached hydrogens (tertiary/aromatic N) is 2. The van der Waals surface area contributed by atoms with Crippen molar-refractivity contribution in [2.24, 2.45) is 10.9 Å². The van der Waals surface area contributed by atoms with Crippen LogP contribution in [0, 0.1) is 5.92 Å². The fourth-order valence-corrected chi connectivity index (χ4v) is 3.97. The number of fused-ring (bicyclic) bond motifs is 2. The van der Waals surface area contributed by atoms with Crippen molar-refractivity contribution in [1.82, 2.24) is 15.5 Å². The van der Waals surface area contributed by atoms with Gasteiger partial charge in [0.15, 0.2) is 5.96 Å². The van der Waals surface area contributed by atoms with Crippen molar-refractivity contribution in [2.75, 3.05) is 26.7 Å². The van der Waals surface area contributed by atoms with Gasteiger partial charge >= 0.3 is 0 Å². The molecule has 124 valence electrons. The van der Waals surface area contributed by atoms with E-state index in [0.29, 0.717) is 18.2 Å². The molecule has 2 bridgehead atoms. The van der Waals surface area contributed by atoms with E-state index in [0.717, 1.165) is 37.4 Å². The van der Waals surface area contributed by atoms with Crippen LogP contribution < -0.4 is 10.6 Å². The quantitative estimate of drug-likeness (QED) is 0.550. The molecular weight excluding hydrogens is 276 g/mol. The zero-order valence-electron chi connectivity index (χ0n) is 13.8. The highest BCUT2D eigenvalue weighted by Crippen LogP contribution is 2.35. The minimum absolute atomic E-state index is 0.404. The lowest BCUT2D eigenvalue weighted by Crippen LogP contribution is -2.49. The van der Waals surface area contributed by atoms with E-state index in [-0.39, 0.29) is 0 Å². The van der Waals surface area contributed by atoms with Gasteiger partial charge < -0.3 is 15.4 Å². The van der Waals surface area contributed by atoms with E-state index in [4.69, 9.17) is 4.74 Å². The summed E-state index contributed by atoms with van der Waals surface area (Å²) in [5.74, 6) is 1.94. The smallest absolute Gasteiger partial charge is 0.191 e. The lowest BCUT2D eigenvalue weighted by molar-refractivity contribution is 0.0992. The lowest BCUT2D eigenvalue weighted by Gasteiger charge is -2.25. The van der Waals surface area contributed by atoms with Crippen molar-refractivity contribution in [2.45, 2.75) is 69.2 Å². The van der Waals surface area contributed by atoms with Crippen LogP contribution in [-0.2, 0) is 4.74 Å². The number of guanidine groups is 1. The summed E-state index contributed by atoms with van der Waals surface area (Å²) in [6, 6.07) is 1.33. The summed E-state index contributed by atoms with van der Waals surface area (Å²) in [6.45, 7) is 3.46. The highest BCUT2D eigenvalue weighted by molar-refractivity contribution is 5.80. The van der Waals surface area contributed by atoms with E-state index >= 15 is 0 Å². The van der Waals surface area contributed by atoms with Gasteiger partial charge in [-0.1, -0.05) is 0 Å². The van der Waals surface area contributed by atoms with Crippen molar-refractivity contribution in [3.63, 3.8) is 0 Å². The van der Waals surface area contributed by atoms with Gasteiger partial charge in [0, 0.05) is 32.7 Å². The highest BCUT2D eigenvalue weighted by atomic mass is 16.5. The highest BCUT2D eigenvalue weighted by Gasteiger charge is 2.41. The summed E-state index contributed by atoms with van der Waals surface area (Å²) in [6.07, 6.45) is 10.2. The fourth-order valence-electron chi connectivity index (χ4n) is 3.97. The predicted molar refractivity (Wildman–Crippen MR) is 88.1 cm³/mol. The first-order chi connectivity index (χ1) is 10.8. The molecule has 2 N–H and O–H groups in total. The number of nitrogens with one attached hydrogen (secondary N) is 2. The second-order valence-corrected chi connectivity index (χ2v) is 7.53. The molecule has 4 fully saturated rings. The molecule has 5 nitrogen and oxygen atoms in total. The molecule has 0 aromatic carbocycles. The zero-order chi connectivity index (χ0) is 14.9. The molecule has 2 aliphatic heterocycles. The second kappa shape index (κ2) is 6.36. The van der Waals surface area contributed by atoms with E-state index in [1.807, 2.05) is 7.05 Å². The van der Waals surface area contributed by atoms with Crippen LogP contribution >= 0.6 is 0 Å². The van der Waals surface area contributed by atoms with Gasteiger partial charge in [-0.3, -0.25) is 9.89 Å². The predicted octanol–water partition coefficient (Wildman–Crippen LogP) is 1.35. The fraction of sp³-hybridized carbons (Fsp3) is 0.941. The van der Waals surface area contributed by atoms with E-state index in [2.05, 4.69) is 20.5 Å². The van der Waals surface area contributed by atoms with Crippen LogP contribution in [0.15, 0.2) is 4.99 Å². The summed E-state index contributed by atoms with van der Waals surface area (Å²) in [5, 5.41) is 7.07. The van der Waals surface area contributed by atoms with E-state index < -0.39 is 0 Å². The topological polar surface area (TPSA) is 48.9 Å². The van der Waals surface area contributed by atoms with Crippen LogP contribution in [0.5, 0.6) is 0 Å². The molecule has 5 heteroatoms. The van der Waals surface area contributed by atoms with Crippen molar-refractivity contribution in [1.29, 1.82) is 0 Å². The van der Waals surface area contributed by atoms with Crippen LogP contribution in [0.4, 0.5) is 0 Å². The SMILES string of the molecule is CN=C(NCCN(CC1CC1)C1CC1)NC1CC2CCC1O2. The average Bonchev–Trinajstić information content (AvgIpc) is 3.45. The Morgan fingerprint density at radius 3 is 2.64 bits per heavy atom. The van der Waals surface area contributed by atoms with Gasteiger partial charge in [-0.05, 0) is 50.9 Å². The minimum atomic E-state index is 0.404. The molecular formula is C17H30N4O. The number of ether oxygens (including phenoxy) is 1. The first-order valence-corrected chi connectivity index (χ1v) is 9.18. The number of hydrogen-bond donors (Lipinski definition) is 2. The minimum Gasteiger partial charge on any atom is -0.373 e. The lowest BCUT2D eigenvalue weighted by atomic mass is 9.96. The monoisotopic (exact) mass is 306 g/mol. The van der Waals surface area contributed by atoms with Gasteiger partial charge in [0.2, 0.25) is 0 Å². The van der Waals surface area contributed by atoms with Crippen LogP contribution in [0.2, 0.25) is 0 Å². The maximum Gasteiger partial charge on any atom is 0.191 e. The van der Waals surface area contributed by atoms with Crippen molar-refractivity contribution in [3.05, 3.63) is 0 Å². The van der Waals surface area contributed by atoms with E-state index in [9.17, 15) is 0 Å². The molecule has 4 aliphatic rings. The number of aliphatic imine (C=N–C) groups is 1. The van der Waals surface area contributed by atoms with Gasteiger partial charge in [0.25, 0.3) is 0 Å². The average molecular weight is 306 g/mol. The van der Waals surface area contributed by atoms with Crippen LogP contribution in [0.1, 0.15) is 44.9 Å². The first kappa shape index (κ1) is 14.8. The second-order valence-electron chi connectivity index (χ2n) is 7.53. The van der Waals surface area contributed by atoms with Crippen LogP contribution in [0.3, 0.4) is 0 Å². The van der Waals surface area contributed by atoms with Crippen LogP contribution in [0.25, 0.3) is 0 Å². The summed E-state index contributed by atoms with van der Waals surface area (Å²) >= 11 is 0. The Morgan fingerprint density at radius 2 is 2.05 bits per heavy atom. The summed E-state index contributed by atoms with van der Waals surface area (Å²) in [4.78, 5) is 7.08. The summed E-state index contributed by atoms with van der Waals surface area (Å²) < 4.78 is 5.91. The van der Waals surface area contributed by atoms with Crippen molar-refractivity contribution < 1.29 is 4.74 Å². The molecule has 3 atom stereocenters. The third kappa shape index (κ3) is 3.57. The van der Waals surface area contributed by atoms with E-state index in [1.54, 1.807) is 0 Å². The van der Waals surface area contributed by atoms with Gasteiger partial charge in [0.1, 0.15) is 0 Å². The Hall–Kier alpha value is -0.810. The van der Waals surface area contributed by atoms with Gasteiger partial charge in [-0.25, -0.2) is 0 Å². The normalized spacial score (nSPS) is 34.5. The number of rotatable bonds is 7. The molecule has 22 heavy (non-hydrogen) atoms. The van der Waals surface area contributed by atoms with Gasteiger partial charge in [0.05, 0.1) is 18.2 Å². The van der Waals surface area contributed by atoms with E-state index in [1.165, 1.54) is 45.1 Å². The third-order valence-corrected chi connectivity index (χ3v) is 5.60. The molecule has 2 saturated heterocycles. The Kier molecular flexibility index (Phi) is 4.27. The molecule has 0 spiro atoms. The first-order valence-electron chi connectivity index (χ1n) is 9.18. The van der Waals surface area contributed by atoms with Crippen LogP contribution in [-0.4, -0.2) is 61.8 Å². The molecule has 0 aromatic heterocycles. The summed E-state index contributed by atoms with van der Waals surface area (Å²) in [5.41, 5.74) is 0. The third-order valence-electron chi connectivity index (χ3n) is 5.60. The Bertz CT molecular complexity index is 419. The van der Waals surface area contributed by atoms with Gasteiger partial charge in [-0.2, -0.15) is 0 Å². The molecule has 2 saturated carbocycles. The molecule has 0 aromatic rings. The molecule has 4 rings (SSSR count). The maximum absolute atomic E-state index is 5.91. The summed E-state index contributed by atoms with van der Waals surface area (Å²) in [7, 11) is 1.87. The molecule has 0 radical (unpaired) electrons. The molecule has 3 unspecified atom stereocenters. The largest absolute Gasteiger partial charge is 0.373 e. The van der Waals surface area contributed by atoms with Crippen molar-refractivity contribution in [3.8, 4) is 0 Å². The zero-order valence-corrected chi connectivity index (χ0v) is 13.8. The maximum atomic E-state index is 5.91. The van der Waals surface area contributed by atoms with Crippen molar-refractivity contribution >= 4 is 5.96 Å². The number of hydrogen-bond acceptors (Lipinski definition) is 3.